The number of halogens is 2. The van der Waals surface area contributed by atoms with Gasteiger partial charge < -0.3 is 4.42 Å². The molecule has 0 aliphatic rings. The van der Waals surface area contributed by atoms with Gasteiger partial charge in [0.1, 0.15) is 11.6 Å². The van der Waals surface area contributed by atoms with Crippen LogP contribution in [0.1, 0.15) is 10.6 Å². The molecule has 0 N–H and O–H groups in total. The smallest absolute Gasteiger partial charge is 0.185 e. The van der Waals surface area contributed by atoms with Gasteiger partial charge in [0.2, 0.25) is 0 Å². The van der Waals surface area contributed by atoms with Crippen molar-refractivity contribution < 1.29 is 18.0 Å². The van der Waals surface area contributed by atoms with E-state index in [-0.39, 0.29) is 10.7 Å². The van der Waals surface area contributed by atoms with Crippen molar-refractivity contribution in [2.75, 3.05) is 0 Å². The van der Waals surface area contributed by atoms with Gasteiger partial charge in [-0.15, -0.1) is 0 Å². The van der Waals surface area contributed by atoms with Gasteiger partial charge in [0.15, 0.2) is 17.1 Å². The lowest BCUT2D eigenvalue weighted by Gasteiger charge is -1.99. The van der Waals surface area contributed by atoms with Crippen LogP contribution >= 0.6 is 11.8 Å². The van der Waals surface area contributed by atoms with Gasteiger partial charge in [-0.2, -0.15) is 0 Å². The first-order chi connectivity index (χ1) is 7.69. The summed E-state index contributed by atoms with van der Waals surface area (Å²) in [4.78, 5) is 10.5. The number of aldehydes is 1. The molecule has 2 aromatic rings. The Bertz CT molecular complexity index is 522. The number of benzene rings is 1. The average molecular weight is 240 g/mol. The van der Waals surface area contributed by atoms with E-state index in [2.05, 4.69) is 0 Å². The topological polar surface area (TPSA) is 30.2 Å². The van der Waals surface area contributed by atoms with Gasteiger partial charge in [-0.3, -0.25) is 4.79 Å². The molecule has 0 unspecified atom stereocenters. The Balaban J connectivity index is 2.26. The maximum atomic E-state index is 13.2. The Hall–Kier alpha value is -1.62. The Labute approximate surface area is 94.3 Å². The van der Waals surface area contributed by atoms with E-state index >= 15 is 0 Å². The van der Waals surface area contributed by atoms with Crippen LogP contribution in [0.25, 0.3) is 0 Å². The lowest BCUT2D eigenvalue weighted by Crippen LogP contribution is -1.82. The minimum Gasteiger partial charge on any atom is -0.447 e. The molecule has 1 aromatic heterocycles. The molecule has 0 spiro atoms. The fourth-order valence-corrected chi connectivity index (χ4v) is 1.94. The van der Waals surface area contributed by atoms with Gasteiger partial charge in [0.25, 0.3) is 0 Å². The van der Waals surface area contributed by atoms with Gasteiger partial charge in [-0.25, -0.2) is 8.78 Å². The van der Waals surface area contributed by atoms with Crippen LogP contribution in [-0.4, -0.2) is 6.29 Å². The molecule has 16 heavy (non-hydrogen) atoms. The van der Waals surface area contributed by atoms with Crippen molar-refractivity contribution in [3.8, 4) is 0 Å². The number of hydrogen-bond acceptors (Lipinski definition) is 3. The maximum absolute atomic E-state index is 13.2. The number of hydrogen-bond donors (Lipinski definition) is 0. The van der Waals surface area contributed by atoms with Crippen LogP contribution in [0.5, 0.6) is 0 Å². The molecule has 0 aliphatic carbocycles. The zero-order chi connectivity index (χ0) is 11.5. The fourth-order valence-electron chi connectivity index (χ4n) is 1.12. The highest BCUT2D eigenvalue weighted by molar-refractivity contribution is 7.99. The first-order valence-corrected chi connectivity index (χ1v) is 5.18. The Morgan fingerprint density at radius 1 is 1.19 bits per heavy atom. The SMILES string of the molecule is O=Cc1ccc(Sc2cc(F)ccc2F)o1. The second-order valence-corrected chi connectivity index (χ2v) is 4.00. The molecular weight excluding hydrogens is 234 g/mol. The van der Waals surface area contributed by atoms with E-state index in [4.69, 9.17) is 4.42 Å². The minimum atomic E-state index is -0.532. The summed E-state index contributed by atoms with van der Waals surface area (Å²) in [5.74, 6) is -0.902. The number of carbonyl (C=O) groups is 1. The largest absolute Gasteiger partial charge is 0.447 e. The summed E-state index contributed by atoms with van der Waals surface area (Å²) in [6.45, 7) is 0. The van der Waals surface area contributed by atoms with E-state index < -0.39 is 11.6 Å². The molecule has 0 saturated heterocycles. The lowest BCUT2D eigenvalue weighted by molar-refractivity contribution is 0.109. The molecule has 2 nitrogen and oxygen atoms in total. The quantitative estimate of drug-likeness (QED) is 0.769. The highest BCUT2D eigenvalue weighted by Crippen LogP contribution is 2.31. The van der Waals surface area contributed by atoms with Gasteiger partial charge in [0.05, 0.1) is 4.90 Å². The van der Waals surface area contributed by atoms with E-state index in [1.54, 1.807) is 0 Å². The summed E-state index contributed by atoms with van der Waals surface area (Å²) in [5.41, 5.74) is 0. The maximum Gasteiger partial charge on any atom is 0.185 e. The first kappa shape index (κ1) is 10.9. The molecule has 0 saturated carbocycles. The first-order valence-electron chi connectivity index (χ1n) is 4.37. The summed E-state index contributed by atoms with van der Waals surface area (Å²) in [6.07, 6.45) is 0.548. The molecular formula is C11H6F2O2S. The molecule has 0 fully saturated rings. The number of furan rings is 1. The zero-order valence-corrected chi connectivity index (χ0v) is 8.76. The van der Waals surface area contributed by atoms with Crippen LogP contribution in [-0.2, 0) is 0 Å². The molecule has 0 amide bonds. The predicted molar refractivity (Wildman–Crippen MR) is 54.6 cm³/mol. The summed E-state index contributed by atoms with van der Waals surface area (Å²) in [6, 6.07) is 6.15. The molecule has 0 bridgehead atoms. The molecule has 0 radical (unpaired) electrons. The van der Waals surface area contributed by atoms with Crippen LogP contribution < -0.4 is 0 Å². The van der Waals surface area contributed by atoms with Crippen molar-refractivity contribution in [1.82, 2.24) is 0 Å². The average Bonchev–Trinajstić information content (AvgIpc) is 2.71. The molecule has 1 aromatic carbocycles. The van der Waals surface area contributed by atoms with Gasteiger partial charge in [0, 0.05) is 0 Å². The van der Waals surface area contributed by atoms with Crippen LogP contribution in [0.2, 0.25) is 0 Å². The van der Waals surface area contributed by atoms with Crippen molar-refractivity contribution in [3.05, 3.63) is 47.7 Å². The van der Waals surface area contributed by atoms with Crippen molar-refractivity contribution >= 4 is 18.0 Å². The van der Waals surface area contributed by atoms with Crippen LogP contribution in [0.3, 0.4) is 0 Å². The Morgan fingerprint density at radius 2 is 2.00 bits per heavy atom. The highest BCUT2D eigenvalue weighted by atomic mass is 32.2. The molecule has 1 heterocycles. The van der Waals surface area contributed by atoms with E-state index in [0.29, 0.717) is 11.4 Å². The van der Waals surface area contributed by atoms with Crippen molar-refractivity contribution in [1.29, 1.82) is 0 Å². The third kappa shape index (κ3) is 2.30. The van der Waals surface area contributed by atoms with Gasteiger partial charge >= 0.3 is 0 Å². The van der Waals surface area contributed by atoms with Gasteiger partial charge in [-0.1, -0.05) is 0 Å². The monoisotopic (exact) mass is 240 g/mol. The Kier molecular flexibility index (Phi) is 3.05. The van der Waals surface area contributed by atoms with Crippen molar-refractivity contribution in [3.63, 3.8) is 0 Å². The molecule has 0 atom stereocenters. The lowest BCUT2D eigenvalue weighted by atomic mass is 10.3. The van der Waals surface area contributed by atoms with Crippen molar-refractivity contribution in [2.24, 2.45) is 0 Å². The summed E-state index contributed by atoms with van der Waals surface area (Å²) >= 11 is 0.924. The van der Waals surface area contributed by atoms with Crippen molar-refractivity contribution in [2.45, 2.75) is 9.99 Å². The van der Waals surface area contributed by atoms with Gasteiger partial charge in [-0.05, 0) is 42.1 Å². The highest BCUT2D eigenvalue weighted by Gasteiger charge is 2.08. The minimum absolute atomic E-state index is 0.117. The fraction of sp³-hybridized carbons (Fsp3) is 0. The van der Waals surface area contributed by atoms with Crippen LogP contribution in [0.15, 0.2) is 44.7 Å². The van der Waals surface area contributed by atoms with E-state index in [1.807, 2.05) is 0 Å². The zero-order valence-electron chi connectivity index (χ0n) is 7.94. The third-order valence-electron chi connectivity index (χ3n) is 1.82. The second kappa shape index (κ2) is 4.49. The van der Waals surface area contributed by atoms with E-state index in [1.165, 1.54) is 12.1 Å². The normalized spacial score (nSPS) is 10.4. The molecule has 82 valence electrons. The molecule has 5 heteroatoms. The summed E-state index contributed by atoms with van der Waals surface area (Å²) in [5, 5.41) is 0.339. The van der Waals surface area contributed by atoms with Crippen LogP contribution in [0, 0.1) is 11.6 Å². The van der Waals surface area contributed by atoms with Crippen LogP contribution in [0.4, 0.5) is 8.78 Å². The standard InChI is InChI=1S/C11H6F2O2S/c12-7-1-3-9(13)10(5-7)16-11-4-2-8(6-14)15-11/h1-6H. The predicted octanol–water partition coefficient (Wildman–Crippen LogP) is 3.52. The Morgan fingerprint density at radius 3 is 2.69 bits per heavy atom. The molecule has 2 rings (SSSR count). The number of carbonyl (C=O) groups excluding carboxylic acids is 1. The van der Waals surface area contributed by atoms with E-state index in [0.717, 1.165) is 30.0 Å². The number of rotatable bonds is 3. The summed E-state index contributed by atoms with van der Waals surface area (Å²) < 4.78 is 31.1. The third-order valence-corrected chi connectivity index (χ3v) is 2.78. The van der Waals surface area contributed by atoms with E-state index in [9.17, 15) is 13.6 Å². The summed E-state index contributed by atoms with van der Waals surface area (Å²) in [7, 11) is 0. The molecule has 0 aliphatic heterocycles. The second-order valence-electron chi connectivity index (χ2n) is 2.95.